The number of ether oxygens (including phenoxy) is 4. The zero-order chi connectivity index (χ0) is 79.5. The minimum absolute atomic E-state index is 0.107. The first-order valence-electron chi connectivity index (χ1n) is 45.7. The standard InChI is InChI=1S/C89H174O17P2/c1-79(2)65-57-49-41-33-26-20-15-11-9-10-12-18-24-30-38-47-55-63-71-88(93)105-84(75-99-86(91)69-61-53-45-37-29-23-17-14-13-16-21-27-34-42-50-58-66-80(3)4)77-103-107(95,96)101-73-83(90)74-102-108(97,98)104-78-85(76-100-87(92)70-62-54-46-40-32-36-44-52-60-68-82(7)8)106-89(94)72-64-56-48-39-31-25-19-22-28-35-43-51-59-67-81(5)6/h79-85,90H,9-78H2,1-8H3,(H,95,96)(H,97,98)/t83-,84-,85-/m1/s1. The molecular formula is C89H174O17P2. The molecule has 0 saturated carbocycles. The molecule has 642 valence electrons. The van der Waals surface area contributed by atoms with Crippen LogP contribution in [-0.2, 0) is 65.4 Å². The number of phosphoric acid groups is 2. The van der Waals surface area contributed by atoms with Crippen LogP contribution in [0.4, 0.5) is 0 Å². The number of carbonyl (C=O) groups is 4. The summed E-state index contributed by atoms with van der Waals surface area (Å²) < 4.78 is 69.0. The molecule has 0 bridgehead atoms. The van der Waals surface area contributed by atoms with Crippen LogP contribution in [-0.4, -0.2) is 96.7 Å². The maximum Gasteiger partial charge on any atom is 0.472 e. The summed E-state index contributed by atoms with van der Waals surface area (Å²) in [7, 11) is -9.94. The first-order valence-corrected chi connectivity index (χ1v) is 48.7. The highest BCUT2D eigenvalue weighted by molar-refractivity contribution is 7.47. The molecule has 0 aromatic carbocycles. The molecule has 0 spiro atoms. The lowest BCUT2D eigenvalue weighted by Gasteiger charge is -2.21. The number of phosphoric ester groups is 2. The van der Waals surface area contributed by atoms with E-state index in [9.17, 15) is 43.2 Å². The Morgan fingerprint density at radius 3 is 0.574 bits per heavy atom. The van der Waals surface area contributed by atoms with E-state index in [1.807, 2.05) is 0 Å². The molecular weight excluding hydrogens is 1400 g/mol. The summed E-state index contributed by atoms with van der Waals surface area (Å²) in [4.78, 5) is 73.4. The number of hydrogen-bond acceptors (Lipinski definition) is 15. The minimum Gasteiger partial charge on any atom is -0.462 e. The second-order valence-corrected chi connectivity index (χ2v) is 36.8. The Bertz CT molecular complexity index is 2090. The van der Waals surface area contributed by atoms with E-state index in [-0.39, 0.29) is 25.7 Å². The second-order valence-electron chi connectivity index (χ2n) is 33.9. The van der Waals surface area contributed by atoms with Gasteiger partial charge in [0.15, 0.2) is 12.2 Å². The van der Waals surface area contributed by atoms with Crippen molar-refractivity contribution in [2.75, 3.05) is 39.6 Å². The third kappa shape index (κ3) is 82.1. The van der Waals surface area contributed by atoms with Gasteiger partial charge in [0.1, 0.15) is 19.3 Å². The summed E-state index contributed by atoms with van der Waals surface area (Å²) in [5.41, 5.74) is 0. The fourth-order valence-corrected chi connectivity index (χ4v) is 15.4. The largest absolute Gasteiger partial charge is 0.472 e. The molecule has 0 rings (SSSR count). The van der Waals surface area contributed by atoms with Gasteiger partial charge >= 0.3 is 39.5 Å². The van der Waals surface area contributed by atoms with E-state index in [0.717, 1.165) is 114 Å². The number of aliphatic hydroxyl groups is 1. The van der Waals surface area contributed by atoms with Crippen LogP contribution in [0.1, 0.15) is 466 Å². The van der Waals surface area contributed by atoms with Gasteiger partial charge in [-0.1, -0.05) is 415 Å². The Kier molecular flexibility index (Phi) is 76.2. The van der Waals surface area contributed by atoms with Gasteiger partial charge in [-0.3, -0.25) is 37.3 Å². The van der Waals surface area contributed by atoms with Gasteiger partial charge in [-0.25, -0.2) is 9.13 Å². The zero-order valence-corrected chi connectivity index (χ0v) is 73.3. The van der Waals surface area contributed by atoms with Crippen molar-refractivity contribution in [3.05, 3.63) is 0 Å². The third-order valence-electron chi connectivity index (χ3n) is 20.8. The van der Waals surface area contributed by atoms with E-state index in [2.05, 4.69) is 55.4 Å². The lowest BCUT2D eigenvalue weighted by molar-refractivity contribution is -0.161. The average molecular weight is 1580 g/mol. The van der Waals surface area contributed by atoms with E-state index >= 15 is 0 Å². The smallest absolute Gasteiger partial charge is 0.462 e. The number of aliphatic hydroxyl groups excluding tert-OH is 1. The van der Waals surface area contributed by atoms with Gasteiger partial charge < -0.3 is 33.8 Å². The molecule has 0 amide bonds. The van der Waals surface area contributed by atoms with Crippen molar-refractivity contribution in [1.82, 2.24) is 0 Å². The van der Waals surface area contributed by atoms with E-state index in [0.29, 0.717) is 25.7 Å². The summed E-state index contributed by atoms with van der Waals surface area (Å²) in [6.45, 7) is 14.4. The fraction of sp³-hybridized carbons (Fsp3) is 0.955. The molecule has 0 radical (unpaired) electrons. The first-order chi connectivity index (χ1) is 52.1. The lowest BCUT2D eigenvalue weighted by Crippen LogP contribution is -2.30. The highest BCUT2D eigenvalue weighted by Gasteiger charge is 2.31. The Morgan fingerprint density at radius 1 is 0.231 bits per heavy atom. The van der Waals surface area contributed by atoms with Crippen molar-refractivity contribution in [2.45, 2.75) is 485 Å². The van der Waals surface area contributed by atoms with Crippen LogP contribution in [0.3, 0.4) is 0 Å². The van der Waals surface area contributed by atoms with Gasteiger partial charge in [-0.2, -0.15) is 0 Å². The van der Waals surface area contributed by atoms with E-state index in [1.54, 1.807) is 0 Å². The minimum atomic E-state index is -4.97. The Labute approximate surface area is 664 Å². The number of rotatable bonds is 86. The number of hydrogen-bond donors (Lipinski definition) is 3. The van der Waals surface area contributed by atoms with Crippen LogP contribution >= 0.6 is 15.6 Å². The van der Waals surface area contributed by atoms with Crippen molar-refractivity contribution in [3.8, 4) is 0 Å². The van der Waals surface area contributed by atoms with Crippen molar-refractivity contribution in [1.29, 1.82) is 0 Å². The molecule has 0 heterocycles. The molecule has 0 fully saturated rings. The van der Waals surface area contributed by atoms with Gasteiger partial charge in [0.2, 0.25) is 0 Å². The highest BCUT2D eigenvalue weighted by atomic mass is 31.2. The SMILES string of the molecule is CC(C)CCCCCCCCCCCCCCCCCCCCC(=O)O[C@H](COC(=O)CCCCCCCCCCCCCCCCCCC(C)C)COP(=O)(O)OC[C@@H](O)COP(=O)(O)OC[C@@H](COC(=O)CCCCCCCCCCCC(C)C)OC(=O)CCCCCCCCCCCCCCCC(C)C. The summed E-state index contributed by atoms with van der Waals surface area (Å²) >= 11 is 0. The molecule has 0 aliphatic rings. The molecule has 0 aromatic heterocycles. The molecule has 19 heteroatoms. The van der Waals surface area contributed by atoms with Gasteiger partial charge in [0.05, 0.1) is 26.4 Å². The monoisotopic (exact) mass is 1580 g/mol. The van der Waals surface area contributed by atoms with Crippen molar-refractivity contribution in [3.63, 3.8) is 0 Å². The normalized spacial score (nSPS) is 13.9. The topological polar surface area (TPSA) is 237 Å². The molecule has 17 nitrogen and oxygen atoms in total. The van der Waals surface area contributed by atoms with Crippen LogP contribution in [0.25, 0.3) is 0 Å². The Hall–Kier alpha value is -1.94. The van der Waals surface area contributed by atoms with Crippen molar-refractivity contribution in [2.24, 2.45) is 23.7 Å². The molecule has 2 unspecified atom stereocenters. The quantitative estimate of drug-likeness (QED) is 0.0222. The molecule has 0 aromatic rings. The number of esters is 4. The molecule has 0 saturated heterocycles. The molecule has 108 heavy (non-hydrogen) atoms. The summed E-state index contributed by atoms with van der Waals surface area (Å²) in [5, 5.41) is 10.7. The van der Waals surface area contributed by atoms with Crippen molar-refractivity contribution < 1.29 is 80.2 Å². The second kappa shape index (κ2) is 77.6. The first kappa shape index (κ1) is 106. The van der Waals surface area contributed by atoms with E-state index in [4.69, 9.17) is 37.0 Å². The Morgan fingerprint density at radius 2 is 0.389 bits per heavy atom. The Balaban J connectivity index is 5.25. The molecule has 5 atom stereocenters. The zero-order valence-electron chi connectivity index (χ0n) is 71.5. The molecule has 3 N–H and O–H groups in total. The maximum absolute atomic E-state index is 13.2. The van der Waals surface area contributed by atoms with Crippen LogP contribution < -0.4 is 0 Å². The predicted molar refractivity (Wildman–Crippen MR) is 446 cm³/mol. The highest BCUT2D eigenvalue weighted by Crippen LogP contribution is 2.45. The lowest BCUT2D eigenvalue weighted by atomic mass is 10.0. The average Bonchev–Trinajstić information content (AvgIpc) is 0.901. The molecule has 0 aliphatic carbocycles. The van der Waals surface area contributed by atoms with Gasteiger partial charge in [-0.15, -0.1) is 0 Å². The summed E-state index contributed by atoms with van der Waals surface area (Å²) in [5.74, 6) is 1.06. The maximum atomic E-state index is 13.2. The van der Waals surface area contributed by atoms with Crippen molar-refractivity contribution >= 4 is 39.5 Å². The van der Waals surface area contributed by atoms with Crippen LogP contribution in [0.5, 0.6) is 0 Å². The van der Waals surface area contributed by atoms with Crippen LogP contribution in [0.2, 0.25) is 0 Å². The van der Waals surface area contributed by atoms with Crippen LogP contribution in [0.15, 0.2) is 0 Å². The predicted octanol–water partition coefficient (Wildman–Crippen LogP) is 27.1. The van der Waals surface area contributed by atoms with E-state index in [1.165, 1.54) is 270 Å². The number of unbranched alkanes of at least 4 members (excludes halogenated alkanes) is 52. The van der Waals surface area contributed by atoms with E-state index < -0.39 is 97.5 Å². The third-order valence-corrected chi connectivity index (χ3v) is 22.7. The summed E-state index contributed by atoms with van der Waals surface area (Å²) in [6.07, 6.45) is 68.1. The number of carbonyl (C=O) groups excluding carboxylic acids is 4. The van der Waals surface area contributed by atoms with Crippen LogP contribution in [0, 0.1) is 23.7 Å². The fourth-order valence-electron chi connectivity index (χ4n) is 13.8. The molecule has 0 aliphatic heterocycles. The van der Waals surface area contributed by atoms with Gasteiger partial charge in [-0.05, 0) is 49.4 Å². The van der Waals surface area contributed by atoms with Gasteiger partial charge in [0.25, 0.3) is 0 Å². The summed E-state index contributed by atoms with van der Waals surface area (Å²) in [6, 6.07) is 0. The van der Waals surface area contributed by atoms with Gasteiger partial charge in [0, 0.05) is 25.7 Å².